The minimum Gasteiger partial charge on any atom is -0.354 e. The first kappa shape index (κ1) is 21.2. The smallest absolute Gasteiger partial charge is 0.236 e. The molecule has 4 rings (SSSR count). The molecule has 0 aliphatic carbocycles. The van der Waals surface area contributed by atoms with Crippen molar-refractivity contribution in [3.05, 3.63) is 70.6 Å². The number of benzene rings is 1. The second-order valence-corrected chi connectivity index (χ2v) is 9.54. The molecule has 0 bridgehead atoms. The van der Waals surface area contributed by atoms with Gasteiger partial charge in [0.25, 0.3) is 0 Å². The molecule has 8 nitrogen and oxygen atoms in total. The van der Waals surface area contributed by atoms with Crippen LogP contribution in [0.2, 0.25) is 0 Å². The highest BCUT2D eigenvalue weighted by Gasteiger charge is 2.26. The molecule has 1 aliphatic rings. The number of hydrogen-bond donors (Lipinski definition) is 0. The Bertz CT molecular complexity index is 1190. The number of rotatable bonds is 5. The summed E-state index contributed by atoms with van der Waals surface area (Å²) in [5.74, 6) is 1.47. The van der Waals surface area contributed by atoms with Gasteiger partial charge in [-0.3, -0.25) is 0 Å². The molecule has 1 aliphatic heterocycles. The van der Waals surface area contributed by atoms with Crippen LogP contribution < -0.4 is 4.90 Å². The van der Waals surface area contributed by atoms with Gasteiger partial charge in [0.15, 0.2) is 5.82 Å². The van der Waals surface area contributed by atoms with Crippen molar-refractivity contribution >= 4 is 21.9 Å². The second kappa shape index (κ2) is 8.60. The first-order valence-corrected chi connectivity index (χ1v) is 11.7. The maximum absolute atomic E-state index is 12.7. The Morgan fingerprint density at radius 3 is 2.23 bits per heavy atom. The first-order chi connectivity index (χ1) is 14.8. The number of aryl methyl sites for hydroxylation is 3. The van der Waals surface area contributed by atoms with E-state index >= 15 is 0 Å². The number of aromatic nitrogens is 4. The number of hydrogen-bond acceptors (Lipinski definition) is 6. The highest BCUT2D eigenvalue weighted by Crippen LogP contribution is 2.19. The molecule has 1 fully saturated rings. The molecule has 3 heterocycles. The summed E-state index contributed by atoms with van der Waals surface area (Å²) in [6, 6.07) is 11.6. The van der Waals surface area contributed by atoms with Crippen molar-refractivity contribution in [3.63, 3.8) is 0 Å². The fraction of sp³-hybridized carbons (Fsp3) is 0.318. The topological polar surface area (TPSA) is 84.2 Å². The molecule has 0 unspecified atom stereocenters. The number of nitrogens with zero attached hydrogens (tertiary/aromatic N) is 6. The molecule has 0 atom stereocenters. The predicted molar refractivity (Wildman–Crippen MR) is 122 cm³/mol. The SMILES string of the molecule is Cc1ccc(/C=C/S(=O)(=O)N2CCN(c3cc(-n4nc(C)cc4C)ncn3)CC2)cc1. The molecule has 0 amide bonds. The molecule has 2 aromatic heterocycles. The summed E-state index contributed by atoms with van der Waals surface area (Å²) in [5, 5.41) is 5.76. The quantitative estimate of drug-likeness (QED) is 0.609. The average molecular weight is 439 g/mol. The zero-order valence-corrected chi connectivity index (χ0v) is 18.7. The number of anilines is 1. The Morgan fingerprint density at radius 1 is 0.903 bits per heavy atom. The van der Waals surface area contributed by atoms with E-state index in [9.17, 15) is 8.42 Å². The lowest BCUT2D eigenvalue weighted by atomic mass is 10.2. The van der Waals surface area contributed by atoms with Crippen LogP contribution in [0.15, 0.2) is 48.1 Å². The van der Waals surface area contributed by atoms with Gasteiger partial charge in [-0.2, -0.15) is 9.40 Å². The Balaban J connectivity index is 1.43. The molecular weight excluding hydrogens is 412 g/mol. The monoisotopic (exact) mass is 438 g/mol. The highest BCUT2D eigenvalue weighted by molar-refractivity contribution is 7.92. The molecule has 0 N–H and O–H groups in total. The van der Waals surface area contributed by atoms with E-state index in [0.717, 1.165) is 28.3 Å². The highest BCUT2D eigenvalue weighted by atomic mass is 32.2. The van der Waals surface area contributed by atoms with Crippen LogP contribution in [0.4, 0.5) is 5.82 Å². The fourth-order valence-electron chi connectivity index (χ4n) is 3.59. The van der Waals surface area contributed by atoms with Crippen molar-refractivity contribution in [2.75, 3.05) is 31.1 Å². The Hall–Kier alpha value is -3.04. The van der Waals surface area contributed by atoms with Gasteiger partial charge in [-0.15, -0.1) is 0 Å². The third-order valence-electron chi connectivity index (χ3n) is 5.30. The van der Waals surface area contributed by atoms with Crippen LogP contribution in [-0.2, 0) is 10.0 Å². The van der Waals surface area contributed by atoms with Gasteiger partial charge in [0.05, 0.1) is 5.69 Å². The lowest BCUT2D eigenvalue weighted by molar-refractivity contribution is 0.389. The van der Waals surface area contributed by atoms with Crippen LogP contribution in [0, 0.1) is 20.8 Å². The number of sulfonamides is 1. The molecule has 0 radical (unpaired) electrons. The summed E-state index contributed by atoms with van der Waals surface area (Å²) >= 11 is 0. The van der Waals surface area contributed by atoms with Crippen molar-refractivity contribution < 1.29 is 8.42 Å². The van der Waals surface area contributed by atoms with Crippen LogP contribution in [0.25, 0.3) is 11.9 Å². The second-order valence-electron chi connectivity index (χ2n) is 7.72. The van der Waals surface area contributed by atoms with E-state index in [2.05, 4.69) is 20.0 Å². The summed E-state index contributed by atoms with van der Waals surface area (Å²) in [5.41, 5.74) is 3.93. The molecule has 9 heteroatoms. The van der Waals surface area contributed by atoms with E-state index in [-0.39, 0.29) is 0 Å². The van der Waals surface area contributed by atoms with Crippen molar-refractivity contribution in [3.8, 4) is 5.82 Å². The molecule has 0 saturated carbocycles. The molecular formula is C22H26N6O2S. The first-order valence-electron chi connectivity index (χ1n) is 10.2. The Morgan fingerprint density at radius 2 is 1.58 bits per heavy atom. The van der Waals surface area contributed by atoms with Crippen molar-refractivity contribution in [1.29, 1.82) is 0 Å². The van der Waals surface area contributed by atoms with Gasteiger partial charge in [-0.1, -0.05) is 29.8 Å². The molecule has 0 spiro atoms. The standard InChI is InChI=1S/C22H26N6O2S/c1-17-4-6-20(7-5-17)8-13-31(29,30)27-11-9-26(10-12-27)21-15-22(24-16-23-21)28-19(3)14-18(2)25-28/h4-8,13-16H,9-12H2,1-3H3/b13-8+. The number of piperazine rings is 1. The van der Waals surface area contributed by atoms with Crippen molar-refractivity contribution in [2.24, 2.45) is 0 Å². The van der Waals surface area contributed by atoms with Gasteiger partial charge in [0, 0.05) is 43.3 Å². The van der Waals surface area contributed by atoms with Crippen LogP contribution >= 0.6 is 0 Å². The van der Waals surface area contributed by atoms with Crippen LogP contribution in [0.3, 0.4) is 0 Å². The summed E-state index contributed by atoms with van der Waals surface area (Å²) in [7, 11) is -3.47. The molecule has 1 saturated heterocycles. The molecule has 3 aromatic rings. The van der Waals surface area contributed by atoms with Crippen LogP contribution in [0.1, 0.15) is 22.5 Å². The lowest BCUT2D eigenvalue weighted by Crippen LogP contribution is -2.48. The van der Waals surface area contributed by atoms with Gasteiger partial charge in [0.2, 0.25) is 10.0 Å². The van der Waals surface area contributed by atoms with E-state index in [1.807, 2.05) is 57.2 Å². The molecule has 31 heavy (non-hydrogen) atoms. The summed E-state index contributed by atoms with van der Waals surface area (Å²) in [6.45, 7) is 7.85. The minimum atomic E-state index is -3.47. The van der Waals surface area contributed by atoms with E-state index < -0.39 is 10.0 Å². The van der Waals surface area contributed by atoms with Gasteiger partial charge < -0.3 is 4.90 Å². The summed E-state index contributed by atoms with van der Waals surface area (Å²) < 4.78 is 28.8. The predicted octanol–water partition coefficient (Wildman–Crippen LogP) is 2.71. The van der Waals surface area contributed by atoms with Crippen LogP contribution in [-0.4, -0.2) is 58.7 Å². The largest absolute Gasteiger partial charge is 0.354 e. The van der Waals surface area contributed by atoms with Gasteiger partial charge in [-0.05, 0) is 38.5 Å². The molecule has 1 aromatic carbocycles. The van der Waals surface area contributed by atoms with Gasteiger partial charge in [-0.25, -0.2) is 23.1 Å². The lowest BCUT2D eigenvalue weighted by Gasteiger charge is -2.34. The summed E-state index contributed by atoms with van der Waals surface area (Å²) in [4.78, 5) is 10.8. The van der Waals surface area contributed by atoms with E-state index in [4.69, 9.17) is 0 Å². The van der Waals surface area contributed by atoms with Crippen molar-refractivity contribution in [2.45, 2.75) is 20.8 Å². The van der Waals surface area contributed by atoms with Crippen LogP contribution in [0.5, 0.6) is 0 Å². The van der Waals surface area contributed by atoms with Gasteiger partial charge in [0.1, 0.15) is 12.1 Å². The average Bonchev–Trinajstić information content (AvgIpc) is 3.11. The molecule has 162 valence electrons. The van der Waals surface area contributed by atoms with E-state index in [1.165, 1.54) is 16.0 Å². The Kier molecular flexibility index (Phi) is 5.88. The zero-order chi connectivity index (χ0) is 22.0. The minimum absolute atomic E-state index is 0.403. The zero-order valence-electron chi connectivity index (χ0n) is 17.9. The van der Waals surface area contributed by atoms with Gasteiger partial charge >= 0.3 is 0 Å². The third-order valence-corrected chi connectivity index (χ3v) is 6.86. The fourth-order valence-corrected chi connectivity index (χ4v) is 4.76. The maximum Gasteiger partial charge on any atom is 0.236 e. The Labute approximate surface area is 182 Å². The third kappa shape index (κ3) is 4.83. The van der Waals surface area contributed by atoms with E-state index in [0.29, 0.717) is 32.0 Å². The maximum atomic E-state index is 12.7. The van der Waals surface area contributed by atoms with Crippen molar-refractivity contribution in [1.82, 2.24) is 24.1 Å². The normalized spacial score (nSPS) is 15.6. The summed E-state index contributed by atoms with van der Waals surface area (Å²) in [6.07, 6.45) is 3.17. The van der Waals surface area contributed by atoms with E-state index in [1.54, 1.807) is 10.8 Å².